The molecule has 0 spiro atoms. The van der Waals surface area contributed by atoms with Gasteiger partial charge in [0.15, 0.2) is 6.61 Å². The second kappa shape index (κ2) is 10.1. The number of hydrogen-bond donors (Lipinski definition) is 1. The highest BCUT2D eigenvalue weighted by molar-refractivity contribution is 9.10. The van der Waals surface area contributed by atoms with E-state index in [9.17, 15) is 14.9 Å². The van der Waals surface area contributed by atoms with E-state index in [0.717, 1.165) is 16.2 Å². The Morgan fingerprint density at radius 3 is 2.43 bits per heavy atom. The highest BCUT2D eigenvalue weighted by atomic mass is 79.9. The molecule has 2 aromatic carbocycles. The fourth-order valence-corrected chi connectivity index (χ4v) is 2.44. The number of hydrazone groups is 1. The van der Waals surface area contributed by atoms with Crippen LogP contribution in [-0.2, 0) is 4.79 Å². The lowest BCUT2D eigenvalue weighted by Crippen LogP contribution is -2.24. The molecule has 9 nitrogen and oxygen atoms in total. The molecule has 0 aliphatic rings. The van der Waals surface area contributed by atoms with Crippen LogP contribution < -0.4 is 14.9 Å². The average Bonchev–Trinajstić information content (AvgIpc) is 2.75. The Bertz CT molecular complexity index is 1040. The molecule has 0 saturated carbocycles. The first-order chi connectivity index (χ1) is 14.5. The van der Waals surface area contributed by atoms with Gasteiger partial charge in [-0.2, -0.15) is 5.10 Å². The first-order valence-corrected chi connectivity index (χ1v) is 9.37. The molecular formula is C20H15BrN4O5. The minimum absolute atomic E-state index is 0.113. The molecule has 0 fully saturated rings. The number of nitrogens with one attached hydrogen (secondary N) is 1. The van der Waals surface area contributed by atoms with Gasteiger partial charge in [0.25, 0.3) is 11.6 Å². The molecule has 0 atom stereocenters. The van der Waals surface area contributed by atoms with Gasteiger partial charge in [-0.1, -0.05) is 15.9 Å². The molecule has 152 valence electrons. The lowest BCUT2D eigenvalue weighted by Gasteiger charge is -2.05. The van der Waals surface area contributed by atoms with Gasteiger partial charge in [0.2, 0.25) is 5.88 Å². The number of rotatable bonds is 8. The molecular weight excluding hydrogens is 456 g/mol. The van der Waals surface area contributed by atoms with Crippen molar-refractivity contribution in [3.63, 3.8) is 0 Å². The number of nitrogens with zero attached hydrogens (tertiary/aromatic N) is 3. The molecule has 1 aromatic heterocycles. The zero-order chi connectivity index (χ0) is 21.3. The molecule has 10 heteroatoms. The number of carbonyl (C=O) groups excluding carboxylic acids is 1. The summed E-state index contributed by atoms with van der Waals surface area (Å²) >= 11 is 3.32. The summed E-state index contributed by atoms with van der Waals surface area (Å²) in [7, 11) is 0. The van der Waals surface area contributed by atoms with E-state index in [4.69, 9.17) is 9.47 Å². The van der Waals surface area contributed by atoms with E-state index in [1.54, 1.807) is 36.4 Å². The van der Waals surface area contributed by atoms with Gasteiger partial charge in [0, 0.05) is 16.6 Å². The SMILES string of the molecule is O=C(COc1ccc(Br)cc1)N/N=C/c1ccc(Oc2ccc([N+](=O)[O-])cn2)cc1. The van der Waals surface area contributed by atoms with Crippen LogP contribution in [0.2, 0.25) is 0 Å². The Kier molecular flexibility index (Phi) is 7.06. The van der Waals surface area contributed by atoms with Crippen LogP contribution in [0.25, 0.3) is 0 Å². The number of carbonyl (C=O) groups is 1. The maximum Gasteiger partial charge on any atom is 0.287 e. The lowest BCUT2D eigenvalue weighted by molar-refractivity contribution is -0.385. The summed E-state index contributed by atoms with van der Waals surface area (Å²) in [4.78, 5) is 25.7. The quantitative estimate of drug-likeness (QED) is 0.301. The maximum atomic E-state index is 11.8. The predicted molar refractivity (Wildman–Crippen MR) is 113 cm³/mol. The van der Waals surface area contributed by atoms with Crippen molar-refractivity contribution in [3.05, 3.63) is 87.0 Å². The lowest BCUT2D eigenvalue weighted by atomic mass is 10.2. The summed E-state index contributed by atoms with van der Waals surface area (Å²) in [5.74, 6) is 0.925. The van der Waals surface area contributed by atoms with Gasteiger partial charge < -0.3 is 9.47 Å². The van der Waals surface area contributed by atoms with Crippen molar-refractivity contribution in [2.24, 2.45) is 5.10 Å². The Balaban J connectivity index is 1.46. The van der Waals surface area contributed by atoms with Gasteiger partial charge in [-0.25, -0.2) is 10.4 Å². The van der Waals surface area contributed by atoms with E-state index in [2.05, 4.69) is 31.4 Å². The fraction of sp³-hybridized carbons (Fsp3) is 0.0500. The Hall–Kier alpha value is -3.79. The zero-order valence-corrected chi connectivity index (χ0v) is 17.0. The second-order valence-electron chi connectivity index (χ2n) is 5.82. The molecule has 3 aromatic rings. The van der Waals surface area contributed by atoms with Crippen LogP contribution in [0.3, 0.4) is 0 Å². The van der Waals surface area contributed by atoms with Gasteiger partial charge in [0.05, 0.1) is 11.1 Å². The van der Waals surface area contributed by atoms with E-state index in [0.29, 0.717) is 11.5 Å². The third-order valence-corrected chi connectivity index (χ3v) is 4.15. The molecule has 0 bridgehead atoms. The van der Waals surface area contributed by atoms with E-state index in [-0.39, 0.29) is 18.2 Å². The predicted octanol–water partition coefficient (Wildman–Crippen LogP) is 4.07. The van der Waals surface area contributed by atoms with Crippen LogP contribution >= 0.6 is 15.9 Å². The maximum absolute atomic E-state index is 11.8. The standard InChI is InChI=1S/C20H15BrN4O5/c21-15-3-8-17(9-4-15)29-13-19(26)24-23-11-14-1-6-18(7-2-14)30-20-10-5-16(12-22-20)25(27)28/h1-12H,13H2,(H,24,26)/b23-11+. The highest BCUT2D eigenvalue weighted by Gasteiger charge is 2.06. The summed E-state index contributed by atoms with van der Waals surface area (Å²) < 4.78 is 11.8. The second-order valence-corrected chi connectivity index (χ2v) is 6.73. The number of ether oxygens (including phenoxy) is 2. The topological polar surface area (TPSA) is 116 Å². The number of aromatic nitrogens is 1. The largest absolute Gasteiger partial charge is 0.484 e. The van der Waals surface area contributed by atoms with Crippen LogP contribution in [0, 0.1) is 10.1 Å². The van der Waals surface area contributed by atoms with Gasteiger partial charge in [-0.3, -0.25) is 14.9 Å². The van der Waals surface area contributed by atoms with Crippen LogP contribution in [-0.4, -0.2) is 28.6 Å². The van der Waals surface area contributed by atoms with Gasteiger partial charge in [0.1, 0.15) is 17.7 Å². The molecule has 1 amide bonds. The monoisotopic (exact) mass is 470 g/mol. The van der Waals surface area contributed by atoms with Gasteiger partial charge in [-0.15, -0.1) is 0 Å². The Morgan fingerprint density at radius 2 is 1.80 bits per heavy atom. The molecule has 3 rings (SSSR count). The third-order valence-electron chi connectivity index (χ3n) is 3.62. The third kappa shape index (κ3) is 6.38. The van der Waals surface area contributed by atoms with Gasteiger partial charge in [-0.05, 0) is 54.1 Å². The molecule has 1 N–H and O–H groups in total. The molecule has 30 heavy (non-hydrogen) atoms. The highest BCUT2D eigenvalue weighted by Crippen LogP contribution is 2.21. The van der Waals surface area contributed by atoms with E-state index >= 15 is 0 Å². The smallest absolute Gasteiger partial charge is 0.287 e. The van der Waals surface area contributed by atoms with Crippen molar-refractivity contribution >= 4 is 33.7 Å². The molecule has 0 aliphatic carbocycles. The number of amides is 1. The molecule has 0 radical (unpaired) electrons. The van der Waals surface area contributed by atoms with E-state index in [1.807, 2.05) is 12.1 Å². The Labute approximate surface area is 179 Å². The molecule has 1 heterocycles. The number of benzene rings is 2. The molecule has 0 unspecified atom stereocenters. The number of pyridine rings is 1. The summed E-state index contributed by atoms with van der Waals surface area (Å²) in [5, 5.41) is 14.5. The van der Waals surface area contributed by atoms with Crippen LogP contribution in [0.1, 0.15) is 5.56 Å². The fourth-order valence-electron chi connectivity index (χ4n) is 2.17. The van der Waals surface area contributed by atoms with Crippen LogP contribution in [0.4, 0.5) is 5.69 Å². The van der Waals surface area contributed by atoms with E-state index in [1.165, 1.54) is 18.3 Å². The minimum Gasteiger partial charge on any atom is -0.484 e. The van der Waals surface area contributed by atoms with Crippen molar-refractivity contribution in [1.82, 2.24) is 10.4 Å². The number of hydrogen-bond acceptors (Lipinski definition) is 7. The average molecular weight is 471 g/mol. The van der Waals surface area contributed by atoms with Crippen molar-refractivity contribution in [1.29, 1.82) is 0 Å². The number of halogens is 1. The van der Waals surface area contributed by atoms with Crippen LogP contribution in [0.5, 0.6) is 17.4 Å². The summed E-state index contributed by atoms with van der Waals surface area (Å²) in [6, 6.07) is 16.7. The zero-order valence-electron chi connectivity index (χ0n) is 15.4. The number of nitro groups is 1. The Morgan fingerprint density at radius 1 is 1.10 bits per heavy atom. The molecule has 0 saturated heterocycles. The van der Waals surface area contributed by atoms with Crippen molar-refractivity contribution in [2.75, 3.05) is 6.61 Å². The van der Waals surface area contributed by atoms with Crippen molar-refractivity contribution in [3.8, 4) is 17.4 Å². The summed E-state index contributed by atoms with van der Waals surface area (Å²) in [5.41, 5.74) is 3.00. The van der Waals surface area contributed by atoms with Crippen LogP contribution in [0.15, 0.2) is 76.4 Å². The first kappa shape index (κ1) is 20.9. The normalized spacial score (nSPS) is 10.6. The summed E-state index contributed by atoms with van der Waals surface area (Å²) in [6.45, 7) is -0.159. The van der Waals surface area contributed by atoms with E-state index < -0.39 is 10.8 Å². The minimum atomic E-state index is -0.531. The summed E-state index contributed by atoms with van der Waals surface area (Å²) in [6.07, 6.45) is 2.60. The van der Waals surface area contributed by atoms with Crippen molar-refractivity contribution < 1.29 is 19.2 Å². The van der Waals surface area contributed by atoms with Gasteiger partial charge >= 0.3 is 0 Å². The first-order valence-electron chi connectivity index (χ1n) is 8.58. The molecule has 0 aliphatic heterocycles. The van der Waals surface area contributed by atoms with Crippen molar-refractivity contribution in [2.45, 2.75) is 0 Å².